The van der Waals surface area contributed by atoms with E-state index in [1.165, 1.54) is 17.7 Å². The number of aryl methyl sites for hydroxylation is 2. The number of hydrogen-bond acceptors (Lipinski definition) is 5. The molecule has 0 unspecified atom stereocenters. The zero-order chi connectivity index (χ0) is 30.9. The van der Waals surface area contributed by atoms with Gasteiger partial charge in [-0.15, -0.1) is 17.9 Å². The van der Waals surface area contributed by atoms with E-state index in [9.17, 15) is 4.79 Å². The van der Waals surface area contributed by atoms with Gasteiger partial charge in [0.2, 0.25) is 0 Å². The number of carbonyl (C=O) groups is 1. The number of hydrogen-bond donors (Lipinski definition) is 1. The molecule has 4 aromatic rings. The molecule has 0 spiro atoms. The van der Waals surface area contributed by atoms with E-state index < -0.39 is 0 Å². The second-order valence-corrected chi connectivity index (χ2v) is 12.4. The van der Waals surface area contributed by atoms with Gasteiger partial charge in [-0.05, 0) is 86.9 Å². The van der Waals surface area contributed by atoms with Crippen molar-refractivity contribution in [1.29, 1.82) is 0 Å². The van der Waals surface area contributed by atoms with Crippen molar-refractivity contribution < 1.29 is 14.3 Å². The fourth-order valence-corrected chi connectivity index (χ4v) is 6.94. The lowest BCUT2D eigenvalue weighted by atomic mass is 9.96. The number of thiophene rings is 1. The fraction of sp³-hybridized carbons (Fsp3) is 0.297. The molecule has 0 saturated heterocycles. The van der Waals surface area contributed by atoms with E-state index >= 15 is 0 Å². The highest BCUT2D eigenvalue weighted by atomic mass is 35.5. The van der Waals surface area contributed by atoms with E-state index in [0.717, 1.165) is 64.2 Å². The molecule has 1 aliphatic carbocycles. The smallest absolute Gasteiger partial charge is 0.259 e. The van der Waals surface area contributed by atoms with E-state index in [0.29, 0.717) is 41.7 Å². The zero-order valence-electron chi connectivity index (χ0n) is 25.5. The molecule has 1 aromatic heterocycles. The molecular formula is C37H39ClN2O3S. The normalized spacial score (nSPS) is 13.2. The van der Waals surface area contributed by atoms with Crippen LogP contribution >= 0.6 is 22.9 Å². The molecule has 1 aliphatic rings. The van der Waals surface area contributed by atoms with Gasteiger partial charge in [0, 0.05) is 32.9 Å². The van der Waals surface area contributed by atoms with Gasteiger partial charge in [0.25, 0.3) is 5.91 Å². The Labute approximate surface area is 269 Å². The standard InChI is InChI=1S/C37H39ClN2O3S/c1-4-14-27-21-26(22-32(42-5-2)35(27)43-24-28-16-11-12-18-30(28)38)23-39-37-34(29-17-8-6-7-9-20-33(29)44-37)36(41)40-31-19-13-10-15-25(31)3/h4,10-13,15-16,18-19,21-23H,1,5-9,14,17,20,24H2,2-3H3,(H,40,41). The number of anilines is 1. The molecule has 0 atom stereocenters. The number of allylic oxidation sites excluding steroid dienone is 1. The number of halogens is 1. The number of aliphatic imine (C=N–C) groups is 1. The van der Waals surface area contributed by atoms with Crippen molar-refractivity contribution in [2.45, 2.75) is 65.4 Å². The molecule has 1 N–H and O–H groups in total. The number of carbonyl (C=O) groups excluding carboxylic acids is 1. The van der Waals surface area contributed by atoms with E-state index in [4.69, 9.17) is 26.1 Å². The minimum atomic E-state index is -0.102. The molecular weight excluding hydrogens is 588 g/mol. The molecule has 1 heterocycles. The van der Waals surface area contributed by atoms with Crippen LogP contribution in [-0.4, -0.2) is 18.7 Å². The molecule has 0 radical (unpaired) electrons. The molecule has 3 aromatic carbocycles. The first kappa shape index (κ1) is 31.6. The van der Waals surface area contributed by atoms with Crippen LogP contribution in [0.3, 0.4) is 0 Å². The summed E-state index contributed by atoms with van der Waals surface area (Å²) in [6.07, 6.45) is 10.8. The van der Waals surface area contributed by atoms with Crippen LogP contribution in [0.1, 0.15) is 75.7 Å². The maximum Gasteiger partial charge on any atom is 0.259 e. The topological polar surface area (TPSA) is 59.9 Å². The van der Waals surface area contributed by atoms with Crippen molar-refractivity contribution in [1.82, 2.24) is 0 Å². The molecule has 5 nitrogen and oxygen atoms in total. The van der Waals surface area contributed by atoms with Gasteiger partial charge in [-0.3, -0.25) is 4.79 Å². The van der Waals surface area contributed by atoms with E-state index in [-0.39, 0.29) is 5.91 Å². The summed E-state index contributed by atoms with van der Waals surface area (Å²) in [4.78, 5) is 20.1. The predicted octanol–water partition coefficient (Wildman–Crippen LogP) is 10.1. The van der Waals surface area contributed by atoms with Crippen LogP contribution < -0.4 is 14.8 Å². The molecule has 228 valence electrons. The third kappa shape index (κ3) is 7.61. The highest BCUT2D eigenvalue weighted by molar-refractivity contribution is 7.16. The van der Waals surface area contributed by atoms with Crippen LogP contribution in [0.25, 0.3) is 0 Å². The highest BCUT2D eigenvalue weighted by Crippen LogP contribution is 2.40. The number of rotatable bonds is 11. The Kier molecular flexibility index (Phi) is 10.9. The summed E-state index contributed by atoms with van der Waals surface area (Å²) in [6, 6.07) is 19.5. The molecule has 7 heteroatoms. The quantitative estimate of drug-likeness (QED) is 0.133. The van der Waals surface area contributed by atoms with Crippen molar-refractivity contribution in [2.24, 2.45) is 4.99 Å². The summed E-state index contributed by atoms with van der Waals surface area (Å²) < 4.78 is 12.4. The van der Waals surface area contributed by atoms with Crippen molar-refractivity contribution in [3.8, 4) is 11.5 Å². The average molecular weight is 627 g/mol. The second-order valence-electron chi connectivity index (χ2n) is 10.9. The lowest BCUT2D eigenvalue weighted by Gasteiger charge is -2.17. The van der Waals surface area contributed by atoms with Gasteiger partial charge < -0.3 is 14.8 Å². The van der Waals surface area contributed by atoms with Gasteiger partial charge in [0.05, 0.1) is 12.2 Å². The molecule has 5 rings (SSSR count). The number of nitrogens with zero attached hydrogens (tertiary/aromatic N) is 1. The van der Waals surface area contributed by atoms with Gasteiger partial charge in [0.1, 0.15) is 11.6 Å². The Morgan fingerprint density at radius 3 is 2.57 bits per heavy atom. The summed E-state index contributed by atoms with van der Waals surface area (Å²) in [7, 11) is 0. The third-order valence-electron chi connectivity index (χ3n) is 7.75. The van der Waals surface area contributed by atoms with E-state index in [1.54, 1.807) is 11.3 Å². The molecule has 0 aliphatic heterocycles. The molecule has 0 fully saturated rings. The number of ether oxygens (including phenoxy) is 2. The first-order valence-electron chi connectivity index (χ1n) is 15.3. The van der Waals surface area contributed by atoms with Gasteiger partial charge in [-0.2, -0.15) is 0 Å². The Balaban J connectivity index is 1.50. The lowest BCUT2D eigenvalue weighted by Crippen LogP contribution is -2.15. The van der Waals surface area contributed by atoms with Crippen molar-refractivity contribution in [2.75, 3.05) is 11.9 Å². The molecule has 1 amide bonds. The Morgan fingerprint density at radius 2 is 1.80 bits per heavy atom. The summed E-state index contributed by atoms with van der Waals surface area (Å²) in [5.74, 6) is 1.20. The summed E-state index contributed by atoms with van der Waals surface area (Å²) in [5.41, 5.74) is 6.40. The van der Waals surface area contributed by atoms with Gasteiger partial charge in [0.15, 0.2) is 11.5 Å². The highest BCUT2D eigenvalue weighted by Gasteiger charge is 2.24. The number of amides is 1. The third-order valence-corrected chi connectivity index (χ3v) is 9.32. The maximum atomic E-state index is 13.8. The van der Waals surface area contributed by atoms with Gasteiger partial charge in [-0.1, -0.05) is 66.9 Å². The molecule has 44 heavy (non-hydrogen) atoms. The summed E-state index contributed by atoms with van der Waals surface area (Å²) in [5, 5.41) is 4.56. The first-order valence-corrected chi connectivity index (χ1v) is 16.5. The number of fused-ring (bicyclic) bond motifs is 1. The van der Waals surface area contributed by atoms with Crippen LogP contribution in [0.4, 0.5) is 10.7 Å². The van der Waals surface area contributed by atoms with Gasteiger partial charge in [-0.25, -0.2) is 4.99 Å². The summed E-state index contributed by atoms with van der Waals surface area (Å²) in [6.45, 7) is 8.72. The number of para-hydroxylation sites is 1. The lowest BCUT2D eigenvalue weighted by molar-refractivity contribution is 0.102. The monoisotopic (exact) mass is 626 g/mol. The zero-order valence-corrected chi connectivity index (χ0v) is 27.0. The predicted molar refractivity (Wildman–Crippen MR) is 184 cm³/mol. The first-order chi connectivity index (χ1) is 21.5. The van der Waals surface area contributed by atoms with E-state index in [1.807, 2.05) is 86.8 Å². The maximum absolute atomic E-state index is 13.8. The summed E-state index contributed by atoms with van der Waals surface area (Å²) >= 11 is 8.03. The number of benzene rings is 3. The molecule has 0 bridgehead atoms. The minimum absolute atomic E-state index is 0.102. The minimum Gasteiger partial charge on any atom is -0.490 e. The van der Waals surface area contributed by atoms with Crippen molar-refractivity contribution in [3.05, 3.63) is 117 Å². The Morgan fingerprint density at radius 1 is 1.02 bits per heavy atom. The van der Waals surface area contributed by atoms with Gasteiger partial charge >= 0.3 is 0 Å². The van der Waals surface area contributed by atoms with Crippen LogP contribution in [0.15, 0.2) is 78.3 Å². The van der Waals surface area contributed by atoms with Crippen LogP contribution in [0.2, 0.25) is 5.02 Å². The van der Waals surface area contributed by atoms with E-state index in [2.05, 4.69) is 11.9 Å². The SMILES string of the molecule is C=CCc1cc(C=Nc2sc3c(c2C(=O)Nc2ccccc2C)CCCCCC3)cc(OCC)c1OCc1ccccc1Cl. The number of nitrogens with one attached hydrogen (secondary N) is 1. The average Bonchev–Trinajstić information content (AvgIpc) is 3.34. The van der Waals surface area contributed by atoms with Crippen LogP contribution in [-0.2, 0) is 25.9 Å². The van der Waals surface area contributed by atoms with Crippen molar-refractivity contribution in [3.63, 3.8) is 0 Å². The van der Waals surface area contributed by atoms with Crippen molar-refractivity contribution >= 4 is 45.7 Å². The molecule has 0 saturated carbocycles. The Bertz CT molecular complexity index is 1660. The van der Waals surface area contributed by atoms with Crippen LogP contribution in [0.5, 0.6) is 11.5 Å². The van der Waals surface area contributed by atoms with Crippen LogP contribution in [0, 0.1) is 6.92 Å². The largest absolute Gasteiger partial charge is 0.490 e. The fourth-order valence-electron chi connectivity index (χ4n) is 5.52. The second kappa shape index (κ2) is 15.2. The Hall–Kier alpha value is -3.87.